The molecule has 1 aromatic carbocycles. The smallest absolute Gasteiger partial charge is 0.271 e. The highest BCUT2D eigenvalue weighted by molar-refractivity contribution is 6.08. The second kappa shape index (κ2) is 7.86. The van der Waals surface area contributed by atoms with E-state index in [1.165, 1.54) is 10.9 Å². The molecule has 2 amide bonds. The van der Waals surface area contributed by atoms with Gasteiger partial charge in [0.05, 0.1) is 18.1 Å². The summed E-state index contributed by atoms with van der Waals surface area (Å²) in [6.07, 6.45) is 5.89. The summed E-state index contributed by atoms with van der Waals surface area (Å²) in [5.41, 5.74) is 3.22. The zero-order chi connectivity index (χ0) is 19.4. The van der Waals surface area contributed by atoms with Crippen molar-refractivity contribution in [2.45, 2.75) is 19.9 Å². The van der Waals surface area contributed by atoms with Crippen LogP contribution < -0.4 is 10.6 Å². The maximum Gasteiger partial charge on any atom is 0.271 e. The van der Waals surface area contributed by atoms with Gasteiger partial charge >= 0.3 is 0 Å². The fourth-order valence-electron chi connectivity index (χ4n) is 2.71. The monoisotopic (exact) mass is 366 g/mol. The molecule has 2 aromatic heterocycles. The summed E-state index contributed by atoms with van der Waals surface area (Å²) in [4.78, 5) is 25.1. The molecule has 0 radical (unpaired) electrons. The molecule has 0 aliphatic rings. The topological polar surface area (TPSA) is 93.8 Å². The van der Waals surface area contributed by atoms with Crippen LogP contribution in [-0.4, -0.2) is 31.4 Å². The molecule has 2 heterocycles. The lowest BCUT2D eigenvalue weighted by Crippen LogP contribution is -2.26. The number of carbonyl (C=O) groups excluding carboxylic acids is 2. The molecule has 0 aliphatic heterocycles. The molecule has 2 N–H and O–H groups in total. The summed E-state index contributed by atoms with van der Waals surface area (Å²) in [6.45, 7) is 2.39. The van der Waals surface area contributed by atoms with Crippen LogP contribution >= 0.6 is 0 Å². The first kappa shape index (κ1) is 18.4. The third-order valence-corrected chi connectivity index (χ3v) is 4.24. The minimum Gasteiger partial charge on any atom is -0.346 e. The first-order valence-electron chi connectivity index (χ1n) is 8.66. The fraction of sp³-hybridized carbons (Fsp3) is 0.263. The highest BCUT2D eigenvalue weighted by Gasteiger charge is 2.19. The van der Waals surface area contributed by atoms with E-state index >= 15 is 0 Å². The first-order valence-corrected chi connectivity index (χ1v) is 8.66. The highest BCUT2D eigenvalue weighted by Crippen LogP contribution is 2.16. The van der Waals surface area contributed by atoms with Crippen molar-refractivity contribution >= 4 is 17.5 Å². The van der Waals surface area contributed by atoms with Gasteiger partial charge in [0.1, 0.15) is 5.69 Å². The number of hydrogen-bond donors (Lipinski definition) is 2. The summed E-state index contributed by atoms with van der Waals surface area (Å²) < 4.78 is 3.11. The number of carbonyl (C=O) groups is 2. The van der Waals surface area contributed by atoms with Crippen LogP contribution in [0.25, 0.3) is 0 Å². The van der Waals surface area contributed by atoms with Gasteiger partial charge in [-0.15, -0.1) is 0 Å². The summed E-state index contributed by atoms with van der Waals surface area (Å²) in [6, 6.07) is 7.37. The molecule has 0 unspecified atom stereocenters. The Labute approximate surface area is 157 Å². The van der Waals surface area contributed by atoms with Crippen molar-refractivity contribution in [3.63, 3.8) is 0 Å². The molecule has 0 fully saturated rings. The molecule has 0 spiro atoms. The van der Waals surface area contributed by atoms with E-state index in [1.807, 2.05) is 25.4 Å². The minimum atomic E-state index is -0.324. The van der Waals surface area contributed by atoms with Gasteiger partial charge in [-0.3, -0.25) is 19.0 Å². The SMILES string of the molecule is CCc1ccc(C(=O)Nc2cnn(C)c2C(=O)NCc2cnn(C)c2)cc1. The average Bonchev–Trinajstić information content (AvgIpc) is 3.25. The predicted octanol–water partition coefficient (Wildman–Crippen LogP) is 1.90. The van der Waals surface area contributed by atoms with Gasteiger partial charge in [-0.2, -0.15) is 10.2 Å². The third kappa shape index (κ3) is 4.22. The number of nitrogens with one attached hydrogen (secondary N) is 2. The standard InChI is InChI=1S/C19H22N6O2/c1-4-13-5-7-15(8-6-13)18(26)23-16-11-22-25(3)17(16)19(27)20-9-14-10-21-24(2)12-14/h5-8,10-12H,4,9H2,1-3H3,(H,20,27)(H,23,26). The lowest BCUT2D eigenvalue weighted by molar-refractivity contribution is 0.0942. The van der Waals surface area contributed by atoms with Crippen molar-refractivity contribution in [1.82, 2.24) is 24.9 Å². The molecule has 3 rings (SSSR count). The maximum absolute atomic E-state index is 12.6. The fourth-order valence-corrected chi connectivity index (χ4v) is 2.71. The number of benzene rings is 1. The number of amides is 2. The van der Waals surface area contributed by atoms with Gasteiger partial charge in [-0.25, -0.2) is 0 Å². The van der Waals surface area contributed by atoms with E-state index in [9.17, 15) is 9.59 Å². The van der Waals surface area contributed by atoms with Crippen LogP contribution in [-0.2, 0) is 27.1 Å². The zero-order valence-electron chi connectivity index (χ0n) is 15.6. The molecule has 0 bridgehead atoms. The van der Waals surface area contributed by atoms with Gasteiger partial charge in [0.2, 0.25) is 0 Å². The first-order chi connectivity index (χ1) is 13.0. The van der Waals surface area contributed by atoms with E-state index in [2.05, 4.69) is 27.8 Å². The number of anilines is 1. The second-order valence-electron chi connectivity index (χ2n) is 6.24. The van der Waals surface area contributed by atoms with E-state index in [1.54, 1.807) is 30.1 Å². The quantitative estimate of drug-likeness (QED) is 0.697. The Bertz CT molecular complexity index is 955. The Morgan fingerprint density at radius 1 is 1.00 bits per heavy atom. The van der Waals surface area contributed by atoms with Crippen LogP contribution in [0.3, 0.4) is 0 Å². The Morgan fingerprint density at radius 3 is 2.37 bits per heavy atom. The van der Waals surface area contributed by atoms with Crippen LogP contribution in [0.4, 0.5) is 5.69 Å². The van der Waals surface area contributed by atoms with E-state index in [0.29, 0.717) is 17.8 Å². The molecule has 0 atom stereocenters. The van der Waals surface area contributed by atoms with E-state index in [4.69, 9.17) is 0 Å². The van der Waals surface area contributed by atoms with Crippen LogP contribution in [0.5, 0.6) is 0 Å². The molecule has 8 nitrogen and oxygen atoms in total. The lowest BCUT2D eigenvalue weighted by atomic mass is 10.1. The molecule has 0 saturated heterocycles. The van der Waals surface area contributed by atoms with Gasteiger partial charge in [0.25, 0.3) is 11.8 Å². The lowest BCUT2D eigenvalue weighted by Gasteiger charge is -2.09. The number of hydrogen-bond acceptors (Lipinski definition) is 4. The minimum absolute atomic E-state index is 0.285. The number of nitrogens with zero attached hydrogens (tertiary/aromatic N) is 4. The zero-order valence-corrected chi connectivity index (χ0v) is 15.6. The van der Waals surface area contributed by atoms with Crippen molar-refractivity contribution in [2.75, 3.05) is 5.32 Å². The van der Waals surface area contributed by atoms with Crippen LogP contribution in [0.2, 0.25) is 0 Å². The van der Waals surface area contributed by atoms with E-state index in [-0.39, 0.29) is 17.5 Å². The highest BCUT2D eigenvalue weighted by atomic mass is 16.2. The number of aryl methyl sites for hydroxylation is 3. The van der Waals surface area contributed by atoms with Gasteiger partial charge in [0.15, 0.2) is 0 Å². The molecule has 27 heavy (non-hydrogen) atoms. The summed E-state index contributed by atoms with van der Waals surface area (Å²) in [5, 5.41) is 13.8. The summed E-state index contributed by atoms with van der Waals surface area (Å²) in [7, 11) is 3.47. The molecular weight excluding hydrogens is 344 g/mol. The summed E-state index contributed by atoms with van der Waals surface area (Å²) in [5.74, 6) is -0.609. The van der Waals surface area contributed by atoms with Crippen LogP contribution in [0.15, 0.2) is 42.9 Å². The van der Waals surface area contributed by atoms with Crippen molar-refractivity contribution < 1.29 is 9.59 Å². The van der Waals surface area contributed by atoms with Crippen molar-refractivity contribution in [3.05, 3.63) is 65.2 Å². The number of rotatable bonds is 6. The van der Waals surface area contributed by atoms with Gasteiger partial charge in [0, 0.05) is 38.0 Å². The molecule has 140 valence electrons. The van der Waals surface area contributed by atoms with Gasteiger partial charge in [-0.1, -0.05) is 19.1 Å². The third-order valence-electron chi connectivity index (χ3n) is 4.24. The normalized spacial score (nSPS) is 10.6. The largest absolute Gasteiger partial charge is 0.346 e. The molecule has 0 saturated carbocycles. The van der Waals surface area contributed by atoms with E-state index in [0.717, 1.165) is 17.5 Å². The average molecular weight is 366 g/mol. The second-order valence-corrected chi connectivity index (χ2v) is 6.24. The van der Waals surface area contributed by atoms with Crippen LogP contribution in [0.1, 0.15) is 38.9 Å². The Morgan fingerprint density at radius 2 is 1.74 bits per heavy atom. The molecular formula is C19H22N6O2. The Balaban J connectivity index is 1.71. The molecule has 8 heteroatoms. The Kier molecular flexibility index (Phi) is 5.35. The molecule has 0 aliphatic carbocycles. The van der Waals surface area contributed by atoms with Crippen molar-refractivity contribution in [2.24, 2.45) is 14.1 Å². The van der Waals surface area contributed by atoms with Gasteiger partial charge in [-0.05, 0) is 24.1 Å². The van der Waals surface area contributed by atoms with Crippen LogP contribution in [0, 0.1) is 0 Å². The predicted molar refractivity (Wildman–Crippen MR) is 101 cm³/mol. The Hall–Kier alpha value is -3.42. The maximum atomic E-state index is 12.6. The summed E-state index contributed by atoms with van der Waals surface area (Å²) >= 11 is 0. The van der Waals surface area contributed by atoms with E-state index < -0.39 is 0 Å². The molecule has 3 aromatic rings. The van der Waals surface area contributed by atoms with Crippen molar-refractivity contribution in [1.29, 1.82) is 0 Å². The number of aromatic nitrogens is 4. The van der Waals surface area contributed by atoms with Crippen molar-refractivity contribution in [3.8, 4) is 0 Å². The van der Waals surface area contributed by atoms with Gasteiger partial charge < -0.3 is 10.6 Å².